The molecule has 0 atom stereocenters. The topological polar surface area (TPSA) is 57.6 Å². The maximum absolute atomic E-state index is 11.4. The Kier molecular flexibility index (Phi) is 4.59. The molecule has 1 amide bonds. The van der Waals surface area contributed by atoms with Gasteiger partial charge in [-0.15, -0.1) is 0 Å². The largest absolute Gasteiger partial charge is 0.481 e. The highest BCUT2D eigenvalue weighted by molar-refractivity contribution is 5.75. The molecule has 0 spiro atoms. The van der Waals surface area contributed by atoms with Crippen molar-refractivity contribution in [1.29, 1.82) is 0 Å². The van der Waals surface area contributed by atoms with Crippen molar-refractivity contribution >= 4 is 11.9 Å². The van der Waals surface area contributed by atoms with E-state index in [1.807, 2.05) is 11.8 Å². The van der Waals surface area contributed by atoms with E-state index >= 15 is 0 Å². The first kappa shape index (κ1) is 12.0. The van der Waals surface area contributed by atoms with Crippen LogP contribution in [0.3, 0.4) is 0 Å². The Hall–Kier alpha value is -1.06. The lowest BCUT2D eigenvalue weighted by atomic mass is 9.92. The molecule has 0 aromatic rings. The monoisotopic (exact) mass is 213 g/mol. The summed E-state index contributed by atoms with van der Waals surface area (Å²) in [5.74, 6) is -0.0178. The number of amides is 1. The molecule has 0 unspecified atom stereocenters. The van der Waals surface area contributed by atoms with Crippen LogP contribution in [0.5, 0.6) is 0 Å². The predicted molar refractivity (Wildman–Crippen MR) is 56.5 cm³/mol. The van der Waals surface area contributed by atoms with Crippen LogP contribution >= 0.6 is 0 Å². The van der Waals surface area contributed by atoms with Gasteiger partial charge in [-0.1, -0.05) is 6.92 Å². The minimum absolute atomic E-state index is 0.215. The van der Waals surface area contributed by atoms with Gasteiger partial charge in [-0.05, 0) is 25.2 Å². The highest BCUT2D eigenvalue weighted by Crippen LogP contribution is 2.22. The second-order valence-electron chi connectivity index (χ2n) is 4.11. The summed E-state index contributed by atoms with van der Waals surface area (Å²) in [7, 11) is 0. The van der Waals surface area contributed by atoms with Crippen LogP contribution in [-0.4, -0.2) is 35.0 Å². The number of carboxylic acids is 1. The fourth-order valence-electron chi connectivity index (χ4n) is 2.02. The second kappa shape index (κ2) is 5.73. The summed E-state index contributed by atoms with van der Waals surface area (Å²) in [6, 6.07) is 0. The molecule has 1 saturated heterocycles. The fourth-order valence-corrected chi connectivity index (χ4v) is 2.02. The minimum Gasteiger partial charge on any atom is -0.481 e. The van der Waals surface area contributed by atoms with Crippen molar-refractivity contribution in [3.63, 3.8) is 0 Å². The summed E-state index contributed by atoms with van der Waals surface area (Å²) in [5, 5.41) is 8.56. The number of carbonyl (C=O) groups excluding carboxylic acids is 1. The highest BCUT2D eigenvalue weighted by atomic mass is 16.4. The zero-order chi connectivity index (χ0) is 11.3. The van der Waals surface area contributed by atoms with Gasteiger partial charge in [0.2, 0.25) is 5.91 Å². The Labute approximate surface area is 90.3 Å². The van der Waals surface area contributed by atoms with Crippen molar-refractivity contribution in [2.45, 2.75) is 39.0 Å². The van der Waals surface area contributed by atoms with Gasteiger partial charge in [-0.2, -0.15) is 0 Å². The standard InChI is InChI=1S/C11H19NO3/c1-2-10(13)12-7-5-9(6-8-12)3-4-11(14)15/h9H,2-8H2,1H3,(H,14,15). The number of aliphatic carboxylic acids is 1. The number of carbonyl (C=O) groups is 2. The summed E-state index contributed by atoms with van der Waals surface area (Å²) < 4.78 is 0. The van der Waals surface area contributed by atoms with Crippen LogP contribution in [0.4, 0.5) is 0 Å². The molecule has 0 bridgehead atoms. The van der Waals surface area contributed by atoms with Crippen LogP contribution in [0.1, 0.15) is 39.0 Å². The van der Waals surface area contributed by atoms with Gasteiger partial charge in [-0.25, -0.2) is 0 Å². The SMILES string of the molecule is CCC(=O)N1CCC(CCC(=O)O)CC1. The van der Waals surface area contributed by atoms with Crippen molar-refractivity contribution in [1.82, 2.24) is 4.90 Å². The Bertz CT molecular complexity index is 232. The number of hydrogen-bond donors (Lipinski definition) is 1. The molecule has 1 fully saturated rings. The molecule has 15 heavy (non-hydrogen) atoms. The normalized spacial score (nSPS) is 17.8. The number of hydrogen-bond acceptors (Lipinski definition) is 2. The van der Waals surface area contributed by atoms with Gasteiger partial charge < -0.3 is 10.0 Å². The van der Waals surface area contributed by atoms with E-state index in [4.69, 9.17) is 5.11 Å². The van der Waals surface area contributed by atoms with Crippen molar-refractivity contribution < 1.29 is 14.7 Å². The van der Waals surface area contributed by atoms with Gasteiger partial charge in [0, 0.05) is 25.9 Å². The first-order valence-corrected chi connectivity index (χ1v) is 5.63. The highest BCUT2D eigenvalue weighted by Gasteiger charge is 2.21. The van der Waals surface area contributed by atoms with Gasteiger partial charge in [-0.3, -0.25) is 9.59 Å². The molecule has 4 heteroatoms. The molecule has 1 aliphatic rings. The lowest BCUT2D eigenvalue weighted by Gasteiger charge is -2.31. The zero-order valence-electron chi connectivity index (χ0n) is 9.24. The van der Waals surface area contributed by atoms with Crippen LogP contribution in [0.2, 0.25) is 0 Å². The predicted octanol–water partition coefficient (Wildman–Crippen LogP) is 1.50. The summed E-state index contributed by atoms with van der Waals surface area (Å²) in [4.78, 5) is 23.7. The minimum atomic E-state index is -0.720. The molecular formula is C11H19NO3. The first-order chi connectivity index (χ1) is 7.13. The first-order valence-electron chi connectivity index (χ1n) is 5.63. The van der Waals surface area contributed by atoms with E-state index in [0.29, 0.717) is 12.3 Å². The van der Waals surface area contributed by atoms with Crippen LogP contribution < -0.4 is 0 Å². The molecule has 0 aromatic heterocycles. The summed E-state index contributed by atoms with van der Waals surface area (Å²) in [6.07, 6.45) is 3.49. The van der Waals surface area contributed by atoms with E-state index in [1.54, 1.807) is 0 Å². The Balaban J connectivity index is 2.23. The maximum Gasteiger partial charge on any atom is 0.303 e. The van der Waals surface area contributed by atoms with E-state index in [9.17, 15) is 9.59 Å². The van der Waals surface area contributed by atoms with Gasteiger partial charge in [0.05, 0.1) is 0 Å². The molecule has 4 nitrogen and oxygen atoms in total. The van der Waals surface area contributed by atoms with E-state index in [1.165, 1.54) is 0 Å². The molecule has 0 radical (unpaired) electrons. The van der Waals surface area contributed by atoms with Crippen molar-refractivity contribution in [2.75, 3.05) is 13.1 Å². The lowest BCUT2D eigenvalue weighted by Crippen LogP contribution is -2.38. The molecule has 0 aromatic carbocycles. The molecule has 0 aliphatic carbocycles. The average molecular weight is 213 g/mol. The second-order valence-corrected chi connectivity index (χ2v) is 4.11. The third kappa shape index (κ3) is 3.90. The summed E-state index contributed by atoms with van der Waals surface area (Å²) in [5.41, 5.74) is 0. The molecule has 0 saturated carbocycles. The number of likely N-dealkylation sites (tertiary alicyclic amines) is 1. The Morgan fingerprint density at radius 1 is 1.33 bits per heavy atom. The number of piperidine rings is 1. The van der Waals surface area contributed by atoms with Crippen LogP contribution in [-0.2, 0) is 9.59 Å². The van der Waals surface area contributed by atoms with E-state index in [0.717, 1.165) is 32.4 Å². The molecule has 1 heterocycles. The van der Waals surface area contributed by atoms with Crippen molar-refractivity contribution in [3.8, 4) is 0 Å². The third-order valence-corrected chi connectivity index (χ3v) is 3.04. The molecule has 1 rings (SSSR count). The summed E-state index contributed by atoms with van der Waals surface area (Å²) in [6.45, 7) is 3.48. The fraction of sp³-hybridized carbons (Fsp3) is 0.818. The number of rotatable bonds is 4. The van der Waals surface area contributed by atoms with Crippen LogP contribution in [0.25, 0.3) is 0 Å². The van der Waals surface area contributed by atoms with E-state index in [-0.39, 0.29) is 12.3 Å². The van der Waals surface area contributed by atoms with E-state index < -0.39 is 5.97 Å². The van der Waals surface area contributed by atoms with E-state index in [2.05, 4.69) is 0 Å². The van der Waals surface area contributed by atoms with Crippen LogP contribution in [0.15, 0.2) is 0 Å². The Morgan fingerprint density at radius 2 is 1.93 bits per heavy atom. The van der Waals surface area contributed by atoms with Gasteiger partial charge in [0.15, 0.2) is 0 Å². The zero-order valence-corrected chi connectivity index (χ0v) is 9.24. The Morgan fingerprint density at radius 3 is 2.40 bits per heavy atom. The quantitative estimate of drug-likeness (QED) is 0.770. The van der Waals surface area contributed by atoms with Crippen molar-refractivity contribution in [3.05, 3.63) is 0 Å². The number of carboxylic acid groups (broad SMARTS) is 1. The number of nitrogens with zero attached hydrogens (tertiary/aromatic N) is 1. The average Bonchev–Trinajstić information content (AvgIpc) is 2.26. The van der Waals surface area contributed by atoms with Gasteiger partial charge in [0.1, 0.15) is 0 Å². The van der Waals surface area contributed by atoms with Gasteiger partial charge >= 0.3 is 5.97 Å². The smallest absolute Gasteiger partial charge is 0.303 e. The van der Waals surface area contributed by atoms with Gasteiger partial charge in [0.25, 0.3) is 0 Å². The lowest BCUT2D eigenvalue weighted by molar-refractivity contribution is -0.138. The molecule has 1 aliphatic heterocycles. The molecule has 1 N–H and O–H groups in total. The van der Waals surface area contributed by atoms with Crippen molar-refractivity contribution in [2.24, 2.45) is 5.92 Å². The third-order valence-electron chi connectivity index (χ3n) is 3.04. The summed E-state index contributed by atoms with van der Waals surface area (Å²) >= 11 is 0. The molecule has 86 valence electrons. The molecular weight excluding hydrogens is 194 g/mol. The maximum atomic E-state index is 11.4. The van der Waals surface area contributed by atoms with Crippen LogP contribution in [0, 0.1) is 5.92 Å².